The van der Waals surface area contributed by atoms with E-state index >= 15 is 0 Å². The van der Waals surface area contributed by atoms with Crippen LogP contribution in [0.1, 0.15) is 58.8 Å². The van der Waals surface area contributed by atoms with Gasteiger partial charge in [-0.15, -0.1) is 0 Å². The molecule has 1 aliphatic rings. The summed E-state index contributed by atoms with van der Waals surface area (Å²) in [7, 11) is 0. The summed E-state index contributed by atoms with van der Waals surface area (Å²) in [6.45, 7) is 7.98. The summed E-state index contributed by atoms with van der Waals surface area (Å²) in [5, 5.41) is 0.545. The zero-order chi connectivity index (χ0) is 23.0. The predicted octanol–water partition coefficient (Wildman–Crippen LogP) is 4.09. The number of aromatic amines is 1. The third-order valence-electron chi connectivity index (χ3n) is 5.92. The van der Waals surface area contributed by atoms with Gasteiger partial charge in [0.1, 0.15) is 0 Å². The largest absolute Gasteiger partial charge is 0.376 e. The number of rotatable bonds is 7. The number of fused-ring (bicyclic) bond motifs is 1. The van der Waals surface area contributed by atoms with Crippen LogP contribution in [0.3, 0.4) is 0 Å². The number of Topliss-reactive ketones (excluding diaryl/α,β-unsaturated/α-hetero) is 2. The first-order chi connectivity index (χ1) is 15.3. The minimum absolute atomic E-state index is 0.0348. The van der Waals surface area contributed by atoms with Crippen LogP contribution in [-0.2, 0) is 11.3 Å². The number of H-pyrrole nitrogens is 1. The Morgan fingerprint density at radius 3 is 2.72 bits per heavy atom. The van der Waals surface area contributed by atoms with Crippen molar-refractivity contribution in [3.05, 3.63) is 57.1 Å². The van der Waals surface area contributed by atoms with Crippen LogP contribution >= 0.6 is 11.8 Å². The topological polar surface area (TPSA) is 94.0 Å². The van der Waals surface area contributed by atoms with Gasteiger partial charge in [0.15, 0.2) is 16.7 Å². The maximum absolute atomic E-state index is 13.3. The lowest BCUT2D eigenvalue weighted by atomic mass is 10.0. The minimum Gasteiger partial charge on any atom is -0.376 e. The lowest BCUT2D eigenvalue weighted by Gasteiger charge is -2.18. The Kier molecular flexibility index (Phi) is 6.35. The van der Waals surface area contributed by atoms with Crippen molar-refractivity contribution in [1.29, 1.82) is 0 Å². The first-order valence-electron chi connectivity index (χ1n) is 10.8. The molecule has 2 unspecified atom stereocenters. The van der Waals surface area contributed by atoms with Gasteiger partial charge in [0.2, 0.25) is 0 Å². The van der Waals surface area contributed by atoms with Gasteiger partial charge in [-0.1, -0.05) is 23.9 Å². The molecule has 0 amide bonds. The number of ether oxygens (including phenoxy) is 1. The number of benzene rings is 1. The number of carbonyl (C=O) groups is 2. The molecule has 0 radical (unpaired) electrons. The zero-order valence-corrected chi connectivity index (χ0v) is 19.5. The van der Waals surface area contributed by atoms with Gasteiger partial charge in [0, 0.05) is 17.9 Å². The Hall–Kier alpha value is -2.71. The van der Waals surface area contributed by atoms with E-state index in [4.69, 9.17) is 9.72 Å². The number of aromatic nitrogens is 3. The van der Waals surface area contributed by atoms with Crippen molar-refractivity contribution in [2.75, 3.05) is 6.61 Å². The van der Waals surface area contributed by atoms with E-state index in [2.05, 4.69) is 4.98 Å². The third-order valence-corrected chi connectivity index (χ3v) is 7.01. The Morgan fingerprint density at radius 2 is 2.06 bits per heavy atom. The fourth-order valence-electron chi connectivity index (χ4n) is 4.33. The van der Waals surface area contributed by atoms with Crippen LogP contribution in [0.4, 0.5) is 0 Å². The number of nitrogens with zero attached hydrogens (tertiary/aromatic N) is 2. The van der Waals surface area contributed by atoms with Gasteiger partial charge in [-0.25, -0.2) is 4.98 Å². The van der Waals surface area contributed by atoms with Crippen molar-refractivity contribution < 1.29 is 14.3 Å². The van der Waals surface area contributed by atoms with Crippen molar-refractivity contribution in [2.24, 2.45) is 0 Å². The van der Waals surface area contributed by atoms with E-state index in [1.165, 1.54) is 18.7 Å². The number of hydrogen-bond acceptors (Lipinski definition) is 6. The van der Waals surface area contributed by atoms with Gasteiger partial charge in [0.25, 0.3) is 5.56 Å². The van der Waals surface area contributed by atoms with Crippen LogP contribution in [0.15, 0.2) is 34.2 Å². The highest BCUT2D eigenvalue weighted by atomic mass is 32.2. The molecule has 1 N–H and O–H groups in total. The van der Waals surface area contributed by atoms with Crippen molar-refractivity contribution in [3.63, 3.8) is 0 Å². The SMILES string of the molecule is CC(=O)c1c(C)[nH]c(C(=O)C(C)Sc2nc3ccccc3c(=O)n2CC2CCCO2)c1C. The number of ketones is 2. The quantitative estimate of drug-likeness (QED) is 0.329. The molecule has 3 heterocycles. The van der Waals surface area contributed by atoms with E-state index in [-0.39, 0.29) is 23.2 Å². The zero-order valence-electron chi connectivity index (χ0n) is 18.7. The number of para-hydroxylation sites is 1. The molecule has 1 aliphatic heterocycles. The van der Waals surface area contributed by atoms with Gasteiger partial charge in [-0.3, -0.25) is 19.0 Å². The number of nitrogens with one attached hydrogen (secondary N) is 1. The van der Waals surface area contributed by atoms with E-state index in [1.807, 2.05) is 12.1 Å². The molecule has 2 atom stereocenters. The highest BCUT2D eigenvalue weighted by molar-refractivity contribution is 8.00. The number of carbonyl (C=O) groups excluding carboxylic acids is 2. The maximum Gasteiger partial charge on any atom is 0.262 e. The molecule has 0 aliphatic carbocycles. The molecule has 1 aromatic carbocycles. The molecule has 32 heavy (non-hydrogen) atoms. The second-order valence-electron chi connectivity index (χ2n) is 8.27. The summed E-state index contributed by atoms with van der Waals surface area (Å²) in [5.41, 5.74) is 2.82. The molecular weight excluding hydrogens is 426 g/mol. The molecular formula is C24H27N3O4S. The molecule has 1 fully saturated rings. The number of thioether (sulfide) groups is 1. The summed E-state index contributed by atoms with van der Waals surface area (Å²) in [6, 6.07) is 7.25. The van der Waals surface area contributed by atoms with E-state index in [9.17, 15) is 14.4 Å². The Labute approximate surface area is 190 Å². The van der Waals surface area contributed by atoms with Crippen molar-refractivity contribution in [2.45, 2.75) is 63.6 Å². The third kappa shape index (κ3) is 4.17. The average molecular weight is 454 g/mol. The van der Waals surface area contributed by atoms with Crippen LogP contribution in [0, 0.1) is 13.8 Å². The van der Waals surface area contributed by atoms with E-state index in [0.29, 0.717) is 51.7 Å². The first-order valence-corrected chi connectivity index (χ1v) is 11.7. The summed E-state index contributed by atoms with van der Waals surface area (Å²) >= 11 is 1.26. The predicted molar refractivity (Wildman–Crippen MR) is 125 cm³/mol. The monoisotopic (exact) mass is 453 g/mol. The summed E-state index contributed by atoms with van der Waals surface area (Å²) in [6.07, 6.45) is 1.83. The second kappa shape index (κ2) is 9.03. The number of aryl methyl sites for hydroxylation is 1. The first kappa shape index (κ1) is 22.5. The molecule has 1 saturated heterocycles. The molecule has 7 nitrogen and oxygen atoms in total. The molecule has 0 bridgehead atoms. The number of hydrogen-bond donors (Lipinski definition) is 1. The molecule has 0 spiro atoms. The van der Waals surface area contributed by atoms with Crippen LogP contribution < -0.4 is 5.56 Å². The van der Waals surface area contributed by atoms with Crippen LogP contribution in [-0.4, -0.2) is 44.1 Å². The minimum atomic E-state index is -0.504. The van der Waals surface area contributed by atoms with E-state index < -0.39 is 5.25 Å². The Balaban J connectivity index is 1.70. The van der Waals surface area contributed by atoms with E-state index in [1.54, 1.807) is 37.5 Å². The average Bonchev–Trinajstić information content (AvgIpc) is 3.37. The standard InChI is InChI=1S/C24H27N3O4S/c1-13-20(15(3)28)14(2)25-21(13)22(29)16(4)32-24-26-19-10-6-5-9-18(19)23(30)27(24)12-17-8-7-11-31-17/h5-6,9-10,16-17,25H,7-8,11-12H2,1-4H3. The lowest BCUT2D eigenvalue weighted by Crippen LogP contribution is -2.29. The Bertz CT molecular complexity index is 1250. The van der Waals surface area contributed by atoms with Crippen LogP contribution in [0.25, 0.3) is 10.9 Å². The fraction of sp³-hybridized carbons (Fsp3) is 0.417. The highest BCUT2D eigenvalue weighted by Crippen LogP contribution is 2.28. The smallest absolute Gasteiger partial charge is 0.262 e. The van der Waals surface area contributed by atoms with E-state index in [0.717, 1.165) is 12.8 Å². The molecule has 168 valence electrons. The van der Waals surface area contributed by atoms with Crippen LogP contribution in [0.2, 0.25) is 0 Å². The van der Waals surface area contributed by atoms with Crippen molar-refractivity contribution in [3.8, 4) is 0 Å². The normalized spacial score (nSPS) is 17.1. The van der Waals surface area contributed by atoms with Crippen molar-refractivity contribution in [1.82, 2.24) is 14.5 Å². The van der Waals surface area contributed by atoms with Crippen LogP contribution in [0.5, 0.6) is 0 Å². The van der Waals surface area contributed by atoms with Crippen molar-refractivity contribution >= 4 is 34.2 Å². The van der Waals surface area contributed by atoms with Gasteiger partial charge in [-0.05, 0) is 58.2 Å². The summed E-state index contributed by atoms with van der Waals surface area (Å²) in [4.78, 5) is 46.3. The highest BCUT2D eigenvalue weighted by Gasteiger charge is 2.27. The maximum atomic E-state index is 13.3. The molecule has 0 saturated carbocycles. The summed E-state index contributed by atoms with van der Waals surface area (Å²) in [5.74, 6) is -0.202. The van der Waals surface area contributed by atoms with Gasteiger partial charge >= 0.3 is 0 Å². The molecule has 3 aromatic rings. The van der Waals surface area contributed by atoms with Gasteiger partial charge < -0.3 is 9.72 Å². The van der Waals surface area contributed by atoms with Gasteiger partial charge in [0.05, 0.1) is 34.5 Å². The molecule has 8 heteroatoms. The second-order valence-corrected chi connectivity index (χ2v) is 9.58. The van der Waals surface area contributed by atoms with Gasteiger partial charge in [-0.2, -0.15) is 0 Å². The lowest BCUT2D eigenvalue weighted by molar-refractivity contribution is 0.0937. The fourth-order valence-corrected chi connectivity index (χ4v) is 5.31. The molecule has 4 rings (SSSR count). The Morgan fingerprint density at radius 1 is 1.31 bits per heavy atom. The molecule has 2 aromatic heterocycles. The summed E-state index contributed by atoms with van der Waals surface area (Å²) < 4.78 is 7.39.